The number of ether oxygens (including phenoxy) is 1. The lowest BCUT2D eigenvalue weighted by molar-refractivity contribution is 0.276. The highest BCUT2D eigenvalue weighted by molar-refractivity contribution is 6.28. The third-order valence-corrected chi connectivity index (χ3v) is 3.05. The molecule has 0 bridgehead atoms. The van der Waals surface area contributed by atoms with Gasteiger partial charge in [-0.15, -0.1) is 0 Å². The first kappa shape index (κ1) is 12.8. The molecule has 2 heterocycles. The minimum Gasteiger partial charge on any atom is -0.471 e. The number of fused-ring (bicyclic) bond motifs is 1. The third-order valence-electron chi connectivity index (χ3n) is 2.87. The summed E-state index contributed by atoms with van der Waals surface area (Å²) < 4.78 is 20.5. The molecule has 0 fully saturated rings. The molecule has 0 saturated carbocycles. The molecule has 0 N–H and O–H groups in total. The third kappa shape index (κ3) is 2.42. The molecule has 0 aliphatic heterocycles. The van der Waals surface area contributed by atoms with E-state index in [1.165, 1.54) is 0 Å². The van der Waals surface area contributed by atoms with Gasteiger partial charge in [-0.1, -0.05) is 6.07 Å². The Bertz CT molecular complexity index is 774. The molecule has 7 heteroatoms. The Morgan fingerprint density at radius 2 is 2.20 bits per heavy atom. The van der Waals surface area contributed by atoms with E-state index in [-0.39, 0.29) is 17.8 Å². The van der Waals surface area contributed by atoms with Gasteiger partial charge in [0.15, 0.2) is 0 Å². The summed E-state index contributed by atoms with van der Waals surface area (Å²) in [5.74, 6) is -0.798. The molecule has 0 spiro atoms. The first-order chi connectivity index (χ1) is 9.63. The van der Waals surface area contributed by atoms with Crippen LogP contribution in [-0.4, -0.2) is 19.7 Å². The predicted molar refractivity (Wildman–Crippen MR) is 72.0 cm³/mol. The van der Waals surface area contributed by atoms with E-state index in [0.717, 1.165) is 22.7 Å². The molecule has 3 rings (SSSR count). The van der Waals surface area contributed by atoms with Gasteiger partial charge in [-0.2, -0.15) is 14.5 Å². The minimum absolute atomic E-state index is 0.0517. The van der Waals surface area contributed by atoms with Gasteiger partial charge in [0.2, 0.25) is 11.1 Å². The van der Waals surface area contributed by atoms with E-state index >= 15 is 0 Å². The molecule has 1 aromatic carbocycles. The zero-order valence-corrected chi connectivity index (χ0v) is 11.3. The Morgan fingerprint density at radius 1 is 1.35 bits per heavy atom. The normalized spacial score (nSPS) is 10.9. The number of aryl methyl sites for hydroxylation is 1. The summed E-state index contributed by atoms with van der Waals surface area (Å²) in [6, 6.07) is 5.76. The molecule has 0 radical (unpaired) electrons. The summed E-state index contributed by atoms with van der Waals surface area (Å²) >= 11 is 5.60. The van der Waals surface area contributed by atoms with Gasteiger partial charge in [-0.25, -0.2) is 4.98 Å². The van der Waals surface area contributed by atoms with Crippen LogP contribution in [0.25, 0.3) is 10.9 Å². The van der Waals surface area contributed by atoms with Crippen LogP contribution in [0.15, 0.2) is 30.6 Å². The van der Waals surface area contributed by atoms with Crippen LogP contribution in [0.2, 0.25) is 5.28 Å². The summed E-state index contributed by atoms with van der Waals surface area (Å²) in [7, 11) is 1.87. The summed E-state index contributed by atoms with van der Waals surface area (Å²) in [4.78, 5) is 7.22. The van der Waals surface area contributed by atoms with Crippen LogP contribution < -0.4 is 4.74 Å². The largest absolute Gasteiger partial charge is 0.471 e. The summed E-state index contributed by atoms with van der Waals surface area (Å²) in [6.45, 7) is 0.190. The Balaban J connectivity index is 1.81. The summed E-state index contributed by atoms with van der Waals surface area (Å²) in [5, 5.41) is 5.10. The van der Waals surface area contributed by atoms with E-state index in [9.17, 15) is 4.39 Å². The number of aromatic nitrogens is 4. The second kappa shape index (κ2) is 5.05. The highest BCUT2D eigenvalue weighted by Gasteiger charge is 2.08. The van der Waals surface area contributed by atoms with Gasteiger partial charge < -0.3 is 4.74 Å². The van der Waals surface area contributed by atoms with Gasteiger partial charge in [-0.3, -0.25) is 4.68 Å². The molecule has 5 nitrogen and oxygen atoms in total. The zero-order chi connectivity index (χ0) is 14.1. The van der Waals surface area contributed by atoms with Crippen molar-refractivity contribution in [1.29, 1.82) is 0 Å². The molecular weight excluding hydrogens is 283 g/mol. The Labute approximate surface area is 119 Å². The standard InChI is InChI=1S/C13H10ClFN4O/c1-19-11-3-2-8(4-9(11)5-17-19)7-20-12-10(15)6-16-13(14)18-12/h2-6H,7H2,1H3. The van der Waals surface area contributed by atoms with E-state index in [1.807, 2.05) is 25.2 Å². The molecule has 3 aromatic rings. The lowest BCUT2D eigenvalue weighted by Gasteiger charge is -2.06. The highest BCUT2D eigenvalue weighted by Crippen LogP contribution is 2.19. The number of halogens is 2. The molecule has 0 amide bonds. The maximum Gasteiger partial charge on any atom is 0.255 e. The van der Waals surface area contributed by atoms with Gasteiger partial charge in [0.05, 0.1) is 17.9 Å². The lowest BCUT2D eigenvalue weighted by Crippen LogP contribution is -2.00. The fraction of sp³-hybridized carbons (Fsp3) is 0.154. The maximum absolute atomic E-state index is 13.4. The van der Waals surface area contributed by atoms with Crippen LogP contribution in [0.3, 0.4) is 0 Å². The number of rotatable bonds is 3. The Hall–Kier alpha value is -2.21. The topological polar surface area (TPSA) is 52.8 Å². The van der Waals surface area contributed by atoms with E-state index in [4.69, 9.17) is 16.3 Å². The first-order valence-corrected chi connectivity index (χ1v) is 6.23. The molecule has 0 atom stereocenters. The number of nitrogens with zero attached hydrogens (tertiary/aromatic N) is 4. The molecule has 0 aliphatic rings. The SMILES string of the molecule is Cn1ncc2cc(COc3nc(Cl)ncc3F)ccc21. The monoisotopic (exact) mass is 292 g/mol. The van der Waals surface area contributed by atoms with Crippen LogP contribution in [0.5, 0.6) is 5.88 Å². The van der Waals surface area contributed by atoms with Gasteiger partial charge in [-0.05, 0) is 29.3 Å². The average Bonchev–Trinajstić information content (AvgIpc) is 2.81. The van der Waals surface area contributed by atoms with E-state index in [2.05, 4.69) is 15.1 Å². The van der Waals surface area contributed by atoms with Crippen molar-refractivity contribution in [3.63, 3.8) is 0 Å². The minimum atomic E-state index is -0.642. The van der Waals surface area contributed by atoms with Gasteiger partial charge >= 0.3 is 0 Å². The van der Waals surface area contributed by atoms with Crippen LogP contribution in [0.1, 0.15) is 5.56 Å². The van der Waals surface area contributed by atoms with Crippen LogP contribution in [-0.2, 0) is 13.7 Å². The second-order valence-electron chi connectivity index (χ2n) is 4.24. The quantitative estimate of drug-likeness (QED) is 0.697. The molecule has 102 valence electrons. The van der Waals surface area contributed by atoms with Crippen molar-refractivity contribution in [2.24, 2.45) is 7.05 Å². The van der Waals surface area contributed by atoms with Crippen molar-refractivity contribution in [3.05, 3.63) is 47.3 Å². The molecule has 0 saturated heterocycles. The van der Waals surface area contributed by atoms with Crippen molar-refractivity contribution in [3.8, 4) is 5.88 Å². The van der Waals surface area contributed by atoms with Crippen molar-refractivity contribution in [2.45, 2.75) is 6.61 Å². The molecule has 20 heavy (non-hydrogen) atoms. The number of hydrogen-bond acceptors (Lipinski definition) is 4. The van der Waals surface area contributed by atoms with E-state index in [0.29, 0.717) is 0 Å². The molecule has 2 aromatic heterocycles. The van der Waals surface area contributed by atoms with Crippen LogP contribution >= 0.6 is 11.6 Å². The first-order valence-electron chi connectivity index (χ1n) is 5.85. The zero-order valence-electron chi connectivity index (χ0n) is 10.5. The maximum atomic E-state index is 13.4. The predicted octanol–water partition coefficient (Wildman–Crippen LogP) is 2.73. The summed E-state index contributed by atoms with van der Waals surface area (Å²) in [5.41, 5.74) is 1.91. The highest BCUT2D eigenvalue weighted by atomic mass is 35.5. The molecule has 0 unspecified atom stereocenters. The molecular formula is C13H10ClFN4O. The van der Waals surface area contributed by atoms with Crippen molar-refractivity contribution in [2.75, 3.05) is 0 Å². The van der Waals surface area contributed by atoms with Crippen molar-refractivity contribution < 1.29 is 9.13 Å². The smallest absolute Gasteiger partial charge is 0.255 e. The van der Waals surface area contributed by atoms with Crippen LogP contribution in [0.4, 0.5) is 4.39 Å². The molecule has 0 aliphatic carbocycles. The average molecular weight is 293 g/mol. The van der Waals surface area contributed by atoms with E-state index in [1.54, 1.807) is 10.9 Å². The van der Waals surface area contributed by atoms with Crippen molar-refractivity contribution >= 4 is 22.5 Å². The Morgan fingerprint density at radius 3 is 3.05 bits per heavy atom. The van der Waals surface area contributed by atoms with Gasteiger partial charge in [0.1, 0.15) is 6.61 Å². The van der Waals surface area contributed by atoms with Gasteiger partial charge in [0.25, 0.3) is 5.88 Å². The van der Waals surface area contributed by atoms with E-state index < -0.39 is 5.82 Å². The lowest BCUT2D eigenvalue weighted by atomic mass is 10.2. The number of benzene rings is 1. The number of hydrogen-bond donors (Lipinski definition) is 0. The van der Waals surface area contributed by atoms with Crippen LogP contribution in [0, 0.1) is 5.82 Å². The fourth-order valence-corrected chi connectivity index (χ4v) is 2.01. The summed E-state index contributed by atoms with van der Waals surface area (Å²) in [6.07, 6.45) is 2.75. The Kier molecular flexibility index (Phi) is 3.23. The second-order valence-corrected chi connectivity index (χ2v) is 4.58. The van der Waals surface area contributed by atoms with Crippen molar-refractivity contribution in [1.82, 2.24) is 19.7 Å². The fourth-order valence-electron chi connectivity index (χ4n) is 1.89. The van der Waals surface area contributed by atoms with Gasteiger partial charge in [0, 0.05) is 12.4 Å².